The Hall–Kier alpha value is -1.60. The van der Waals surface area contributed by atoms with Crippen LogP contribution in [0.2, 0.25) is 0 Å². The molecule has 0 amide bonds. The number of ether oxygens (including phenoxy) is 1. The van der Waals surface area contributed by atoms with Crippen molar-refractivity contribution >= 4 is 0 Å². The molecule has 1 aliphatic rings. The highest BCUT2D eigenvalue weighted by Crippen LogP contribution is 2.21. The molecule has 80 valence electrons. The van der Waals surface area contributed by atoms with E-state index in [2.05, 4.69) is 48.5 Å². The third kappa shape index (κ3) is 2.15. The SMILES string of the molecule is c1ccc(-c2ccc(C[C@@H]3CO3)cc2)cc1. The summed E-state index contributed by atoms with van der Waals surface area (Å²) in [5.74, 6) is 0. The fraction of sp³-hybridized carbons (Fsp3) is 0.200. The summed E-state index contributed by atoms with van der Waals surface area (Å²) in [6.45, 7) is 0.931. The lowest BCUT2D eigenvalue weighted by Crippen LogP contribution is -1.92. The van der Waals surface area contributed by atoms with Gasteiger partial charge in [-0.05, 0) is 16.7 Å². The average Bonchev–Trinajstić information content (AvgIpc) is 3.15. The van der Waals surface area contributed by atoms with Gasteiger partial charge in [-0.1, -0.05) is 54.6 Å². The number of epoxide rings is 1. The van der Waals surface area contributed by atoms with Gasteiger partial charge in [-0.15, -0.1) is 0 Å². The van der Waals surface area contributed by atoms with Crippen molar-refractivity contribution in [1.29, 1.82) is 0 Å². The van der Waals surface area contributed by atoms with Gasteiger partial charge < -0.3 is 4.74 Å². The normalized spacial score (nSPS) is 18.4. The molecular formula is C15H14O. The summed E-state index contributed by atoms with van der Waals surface area (Å²) in [5, 5.41) is 0. The quantitative estimate of drug-likeness (QED) is 0.708. The summed E-state index contributed by atoms with van der Waals surface area (Å²) in [5.41, 5.74) is 3.92. The largest absolute Gasteiger partial charge is 0.373 e. The van der Waals surface area contributed by atoms with Crippen LogP contribution in [0.3, 0.4) is 0 Å². The molecule has 0 aromatic heterocycles. The lowest BCUT2D eigenvalue weighted by Gasteiger charge is -2.03. The standard InChI is InChI=1S/C15H14O/c1-2-4-13(5-3-1)14-8-6-12(7-9-14)10-15-11-16-15/h1-9,15H,10-11H2/t15-/m1/s1. The lowest BCUT2D eigenvalue weighted by molar-refractivity contribution is 0.407. The lowest BCUT2D eigenvalue weighted by atomic mass is 10.0. The maximum atomic E-state index is 5.23. The predicted octanol–water partition coefficient (Wildman–Crippen LogP) is 3.29. The van der Waals surface area contributed by atoms with E-state index < -0.39 is 0 Å². The van der Waals surface area contributed by atoms with Crippen LogP contribution in [0.5, 0.6) is 0 Å². The van der Waals surface area contributed by atoms with Crippen molar-refractivity contribution in [1.82, 2.24) is 0 Å². The zero-order chi connectivity index (χ0) is 10.8. The summed E-state index contributed by atoms with van der Waals surface area (Å²) in [6.07, 6.45) is 1.53. The van der Waals surface area contributed by atoms with E-state index in [0.29, 0.717) is 6.10 Å². The topological polar surface area (TPSA) is 12.5 Å². The third-order valence-corrected chi connectivity index (χ3v) is 2.93. The second-order valence-electron chi connectivity index (χ2n) is 4.22. The molecule has 1 heteroatoms. The fourth-order valence-electron chi connectivity index (χ4n) is 1.91. The minimum atomic E-state index is 0.475. The van der Waals surface area contributed by atoms with Gasteiger partial charge in [0.05, 0.1) is 12.7 Å². The first-order valence-corrected chi connectivity index (χ1v) is 5.68. The summed E-state index contributed by atoms with van der Waals surface area (Å²) in [6, 6.07) is 19.2. The predicted molar refractivity (Wildman–Crippen MR) is 65.3 cm³/mol. The van der Waals surface area contributed by atoms with E-state index in [1.54, 1.807) is 0 Å². The Morgan fingerprint density at radius 1 is 0.875 bits per heavy atom. The van der Waals surface area contributed by atoms with Crippen LogP contribution >= 0.6 is 0 Å². The summed E-state index contributed by atoms with van der Waals surface area (Å²) < 4.78 is 5.23. The molecule has 0 N–H and O–H groups in total. The van der Waals surface area contributed by atoms with E-state index in [4.69, 9.17) is 4.74 Å². The molecule has 1 aliphatic heterocycles. The van der Waals surface area contributed by atoms with Crippen LogP contribution in [0.25, 0.3) is 11.1 Å². The van der Waals surface area contributed by atoms with E-state index in [0.717, 1.165) is 13.0 Å². The Morgan fingerprint density at radius 3 is 2.12 bits per heavy atom. The average molecular weight is 210 g/mol. The Bertz CT molecular complexity index is 455. The molecule has 1 atom stereocenters. The first-order chi connectivity index (χ1) is 7.92. The van der Waals surface area contributed by atoms with Crippen LogP contribution < -0.4 is 0 Å². The van der Waals surface area contributed by atoms with Gasteiger partial charge in [-0.25, -0.2) is 0 Å². The van der Waals surface area contributed by atoms with Crippen LogP contribution in [0.1, 0.15) is 5.56 Å². The molecule has 0 unspecified atom stereocenters. The second-order valence-corrected chi connectivity index (χ2v) is 4.22. The van der Waals surface area contributed by atoms with Crippen LogP contribution in [0.15, 0.2) is 54.6 Å². The summed E-state index contributed by atoms with van der Waals surface area (Å²) >= 11 is 0. The minimum absolute atomic E-state index is 0.475. The highest BCUT2D eigenvalue weighted by atomic mass is 16.6. The van der Waals surface area contributed by atoms with Crippen molar-refractivity contribution in [2.45, 2.75) is 12.5 Å². The Morgan fingerprint density at radius 2 is 1.50 bits per heavy atom. The number of benzene rings is 2. The smallest absolute Gasteiger partial charge is 0.0850 e. The maximum absolute atomic E-state index is 5.23. The number of hydrogen-bond donors (Lipinski definition) is 0. The van der Waals surface area contributed by atoms with E-state index in [1.165, 1.54) is 16.7 Å². The molecule has 3 rings (SSSR count). The van der Waals surface area contributed by atoms with Crippen molar-refractivity contribution in [2.24, 2.45) is 0 Å². The van der Waals surface area contributed by atoms with Crippen LogP contribution in [-0.4, -0.2) is 12.7 Å². The summed E-state index contributed by atoms with van der Waals surface area (Å²) in [7, 11) is 0. The van der Waals surface area contributed by atoms with Crippen molar-refractivity contribution in [2.75, 3.05) is 6.61 Å². The van der Waals surface area contributed by atoms with Crippen molar-refractivity contribution in [3.63, 3.8) is 0 Å². The third-order valence-electron chi connectivity index (χ3n) is 2.93. The second kappa shape index (κ2) is 4.11. The van der Waals surface area contributed by atoms with Gasteiger partial charge in [-0.2, -0.15) is 0 Å². The molecule has 0 spiro atoms. The molecule has 2 aromatic rings. The zero-order valence-corrected chi connectivity index (χ0v) is 9.10. The Kier molecular flexibility index (Phi) is 2.47. The molecule has 1 saturated heterocycles. The van der Waals surface area contributed by atoms with Gasteiger partial charge in [0.25, 0.3) is 0 Å². The molecular weight excluding hydrogens is 196 g/mol. The van der Waals surface area contributed by atoms with Crippen LogP contribution in [-0.2, 0) is 11.2 Å². The van der Waals surface area contributed by atoms with Gasteiger partial charge in [-0.3, -0.25) is 0 Å². The molecule has 1 fully saturated rings. The highest BCUT2D eigenvalue weighted by molar-refractivity contribution is 5.63. The van der Waals surface area contributed by atoms with Crippen molar-refractivity contribution < 1.29 is 4.74 Å². The molecule has 2 aromatic carbocycles. The first kappa shape index (κ1) is 9.61. The molecule has 1 nitrogen and oxygen atoms in total. The Labute approximate surface area is 95.7 Å². The van der Waals surface area contributed by atoms with E-state index >= 15 is 0 Å². The van der Waals surface area contributed by atoms with Crippen molar-refractivity contribution in [3.8, 4) is 11.1 Å². The minimum Gasteiger partial charge on any atom is -0.373 e. The monoisotopic (exact) mass is 210 g/mol. The summed E-state index contributed by atoms with van der Waals surface area (Å²) in [4.78, 5) is 0. The molecule has 0 saturated carbocycles. The zero-order valence-electron chi connectivity index (χ0n) is 9.10. The molecule has 1 heterocycles. The van der Waals surface area contributed by atoms with Crippen LogP contribution in [0.4, 0.5) is 0 Å². The van der Waals surface area contributed by atoms with Gasteiger partial charge in [0.1, 0.15) is 0 Å². The number of rotatable bonds is 3. The molecule has 0 radical (unpaired) electrons. The molecule has 16 heavy (non-hydrogen) atoms. The van der Waals surface area contributed by atoms with Crippen molar-refractivity contribution in [3.05, 3.63) is 60.2 Å². The van der Waals surface area contributed by atoms with Gasteiger partial charge >= 0.3 is 0 Å². The molecule has 0 bridgehead atoms. The van der Waals surface area contributed by atoms with Gasteiger partial charge in [0.15, 0.2) is 0 Å². The van der Waals surface area contributed by atoms with Gasteiger partial charge in [0.2, 0.25) is 0 Å². The maximum Gasteiger partial charge on any atom is 0.0850 e. The number of hydrogen-bond acceptors (Lipinski definition) is 1. The first-order valence-electron chi connectivity index (χ1n) is 5.68. The van der Waals surface area contributed by atoms with E-state index in [1.807, 2.05) is 6.07 Å². The van der Waals surface area contributed by atoms with Crippen LogP contribution in [0, 0.1) is 0 Å². The molecule has 0 aliphatic carbocycles. The Balaban J connectivity index is 1.81. The van der Waals surface area contributed by atoms with Gasteiger partial charge in [0, 0.05) is 6.42 Å². The highest BCUT2D eigenvalue weighted by Gasteiger charge is 2.22. The van der Waals surface area contributed by atoms with E-state index in [9.17, 15) is 0 Å². The van der Waals surface area contributed by atoms with E-state index in [-0.39, 0.29) is 0 Å². The fourth-order valence-corrected chi connectivity index (χ4v) is 1.91.